The van der Waals surface area contributed by atoms with Gasteiger partial charge in [0, 0.05) is 19.3 Å². The van der Waals surface area contributed by atoms with Crippen LogP contribution >= 0.6 is 0 Å². The van der Waals surface area contributed by atoms with Gasteiger partial charge in [-0.05, 0) is 25.8 Å². The van der Waals surface area contributed by atoms with Crippen molar-refractivity contribution in [3.05, 3.63) is 12.3 Å². The maximum absolute atomic E-state index is 12.2. The third kappa shape index (κ3) is 4.47. The molecule has 1 amide bonds. The van der Waals surface area contributed by atoms with Gasteiger partial charge in [0.15, 0.2) is 6.10 Å². The number of rotatable bonds is 4. The summed E-state index contributed by atoms with van der Waals surface area (Å²) < 4.78 is 6.58. The van der Waals surface area contributed by atoms with Gasteiger partial charge < -0.3 is 15.4 Å². The minimum atomic E-state index is -0.761. The Hall–Kier alpha value is -2.05. The summed E-state index contributed by atoms with van der Waals surface area (Å²) in [5, 5.41) is 3.90. The molecule has 0 aromatic carbocycles. The lowest BCUT2D eigenvalue weighted by molar-refractivity contribution is -0.159. The van der Waals surface area contributed by atoms with Crippen molar-refractivity contribution in [1.82, 2.24) is 14.7 Å². The number of anilines is 1. The van der Waals surface area contributed by atoms with E-state index in [1.165, 1.54) is 4.68 Å². The fourth-order valence-corrected chi connectivity index (χ4v) is 2.43. The molecule has 0 radical (unpaired) electrons. The van der Waals surface area contributed by atoms with Crippen LogP contribution < -0.4 is 5.73 Å². The lowest BCUT2D eigenvalue weighted by Crippen LogP contribution is -2.40. The first-order valence-electron chi connectivity index (χ1n) is 7.33. The zero-order chi connectivity index (χ0) is 15.2. The first kappa shape index (κ1) is 15.3. The van der Waals surface area contributed by atoms with Gasteiger partial charge in [-0.3, -0.25) is 14.3 Å². The van der Waals surface area contributed by atoms with E-state index >= 15 is 0 Å². The van der Waals surface area contributed by atoms with Crippen LogP contribution in [0.5, 0.6) is 0 Å². The first-order chi connectivity index (χ1) is 10.1. The van der Waals surface area contributed by atoms with Crippen LogP contribution in [-0.2, 0) is 20.9 Å². The number of carbonyl (C=O) groups excluding carboxylic acids is 2. The number of aromatic nitrogens is 2. The highest BCUT2D eigenvalue weighted by Crippen LogP contribution is 2.12. The van der Waals surface area contributed by atoms with Gasteiger partial charge in [0.1, 0.15) is 12.4 Å². The fourth-order valence-electron chi connectivity index (χ4n) is 2.43. The Morgan fingerprint density at radius 3 is 2.57 bits per heavy atom. The van der Waals surface area contributed by atoms with E-state index < -0.39 is 12.1 Å². The second-order valence-electron chi connectivity index (χ2n) is 5.31. The number of hydrogen-bond acceptors (Lipinski definition) is 5. The highest BCUT2D eigenvalue weighted by Gasteiger charge is 2.24. The van der Waals surface area contributed by atoms with E-state index in [1.54, 1.807) is 24.1 Å². The van der Waals surface area contributed by atoms with Crippen LogP contribution in [0.2, 0.25) is 0 Å². The van der Waals surface area contributed by atoms with Gasteiger partial charge in [0.05, 0.1) is 0 Å². The van der Waals surface area contributed by atoms with Crippen LogP contribution in [0.1, 0.15) is 32.6 Å². The van der Waals surface area contributed by atoms with Gasteiger partial charge in [0.2, 0.25) is 0 Å². The molecule has 1 aliphatic heterocycles. The molecule has 7 nitrogen and oxygen atoms in total. The molecule has 0 saturated carbocycles. The molecule has 21 heavy (non-hydrogen) atoms. The van der Waals surface area contributed by atoms with Gasteiger partial charge in [-0.25, -0.2) is 0 Å². The van der Waals surface area contributed by atoms with Crippen molar-refractivity contribution in [2.24, 2.45) is 0 Å². The Kier molecular flexibility index (Phi) is 5.19. The van der Waals surface area contributed by atoms with Gasteiger partial charge in [-0.15, -0.1) is 0 Å². The van der Waals surface area contributed by atoms with E-state index in [-0.39, 0.29) is 12.5 Å². The predicted molar refractivity (Wildman–Crippen MR) is 77.2 cm³/mol. The second kappa shape index (κ2) is 7.10. The van der Waals surface area contributed by atoms with Crippen molar-refractivity contribution in [2.75, 3.05) is 18.8 Å². The topological polar surface area (TPSA) is 90.5 Å². The van der Waals surface area contributed by atoms with E-state index in [0.29, 0.717) is 5.82 Å². The molecule has 1 saturated heterocycles. The lowest BCUT2D eigenvalue weighted by Gasteiger charge is -2.23. The van der Waals surface area contributed by atoms with Crippen molar-refractivity contribution in [1.29, 1.82) is 0 Å². The smallest absolute Gasteiger partial charge is 0.328 e. The zero-order valence-electron chi connectivity index (χ0n) is 12.3. The molecule has 1 atom stereocenters. The number of nitrogens with zero attached hydrogens (tertiary/aromatic N) is 3. The molecule has 2 rings (SSSR count). The average molecular weight is 294 g/mol. The molecule has 0 spiro atoms. The maximum atomic E-state index is 12.2. The molecule has 0 bridgehead atoms. The molecule has 0 aliphatic carbocycles. The molecule has 1 aromatic heterocycles. The third-order valence-corrected chi connectivity index (χ3v) is 3.53. The summed E-state index contributed by atoms with van der Waals surface area (Å²) in [5.41, 5.74) is 5.47. The largest absolute Gasteiger partial charge is 0.451 e. The van der Waals surface area contributed by atoms with Gasteiger partial charge >= 0.3 is 5.97 Å². The monoisotopic (exact) mass is 294 g/mol. The Morgan fingerprint density at radius 1 is 1.33 bits per heavy atom. The summed E-state index contributed by atoms with van der Waals surface area (Å²) in [7, 11) is 0. The van der Waals surface area contributed by atoms with Crippen LogP contribution in [0, 0.1) is 0 Å². The molecule has 7 heteroatoms. The zero-order valence-corrected chi connectivity index (χ0v) is 12.3. The van der Waals surface area contributed by atoms with Gasteiger partial charge in [-0.2, -0.15) is 5.10 Å². The Labute approximate surface area is 124 Å². The Bertz CT molecular complexity index is 492. The Morgan fingerprint density at radius 2 is 2.00 bits per heavy atom. The van der Waals surface area contributed by atoms with Crippen molar-refractivity contribution in [3.63, 3.8) is 0 Å². The van der Waals surface area contributed by atoms with E-state index in [9.17, 15) is 9.59 Å². The summed E-state index contributed by atoms with van der Waals surface area (Å²) in [4.78, 5) is 25.8. The summed E-state index contributed by atoms with van der Waals surface area (Å²) in [6.07, 6.45) is 5.16. The molecule has 2 heterocycles. The van der Waals surface area contributed by atoms with Gasteiger partial charge in [0.25, 0.3) is 5.91 Å². The quantitative estimate of drug-likeness (QED) is 0.829. The SMILES string of the molecule is CC(OC(=O)Cn1ccc(N)n1)C(=O)N1CCCCCC1. The number of nitrogen functional groups attached to an aromatic ring is 1. The molecule has 1 unspecified atom stereocenters. The summed E-state index contributed by atoms with van der Waals surface area (Å²) in [6, 6.07) is 1.60. The minimum Gasteiger partial charge on any atom is -0.451 e. The number of hydrogen-bond donors (Lipinski definition) is 1. The summed E-state index contributed by atoms with van der Waals surface area (Å²) in [6.45, 7) is 3.06. The highest BCUT2D eigenvalue weighted by atomic mass is 16.5. The Balaban J connectivity index is 1.83. The summed E-state index contributed by atoms with van der Waals surface area (Å²) in [5.74, 6) is -0.268. The molecular weight excluding hydrogens is 272 g/mol. The number of esters is 1. The van der Waals surface area contributed by atoms with Gasteiger partial charge in [-0.1, -0.05) is 12.8 Å². The molecular formula is C14H22N4O3. The van der Waals surface area contributed by atoms with Crippen LogP contribution in [0.25, 0.3) is 0 Å². The first-order valence-corrected chi connectivity index (χ1v) is 7.33. The van der Waals surface area contributed by atoms with Crippen LogP contribution in [0.3, 0.4) is 0 Å². The number of likely N-dealkylation sites (tertiary alicyclic amines) is 1. The average Bonchev–Trinajstić information content (AvgIpc) is 2.69. The van der Waals surface area contributed by atoms with Crippen molar-refractivity contribution >= 4 is 17.7 Å². The van der Waals surface area contributed by atoms with Crippen molar-refractivity contribution in [3.8, 4) is 0 Å². The number of amides is 1. The number of nitrogens with two attached hydrogens (primary N) is 1. The molecule has 116 valence electrons. The lowest BCUT2D eigenvalue weighted by atomic mass is 10.2. The predicted octanol–water partition coefficient (Wildman–Crippen LogP) is 0.800. The van der Waals surface area contributed by atoms with E-state index in [2.05, 4.69) is 5.10 Å². The number of ether oxygens (including phenoxy) is 1. The van der Waals surface area contributed by atoms with E-state index in [1.807, 2.05) is 0 Å². The minimum absolute atomic E-state index is 0.0468. The second-order valence-corrected chi connectivity index (χ2v) is 5.31. The highest BCUT2D eigenvalue weighted by molar-refractivity contribution is 5.83. The maximum Gasteiger partial charge on any atom is 0.328 e. The van der Waals surface area contributed by atoms with Crippen molar-refractivity contribution in [2.45, 2.75) is 45.3 Å². The number of carbonyl (C=O) groups is 2. The molecule has 1 aromatic rings. The molecule has 1 fully saturated rings. The van der Waals surface area contributed by atoms with Crippen LogP contribution in [-0.4, -0.2) is 45.8 Å². The molecule has 1 aliphatic rings. The van der Waals surface area contributed by atoms with E-state index in [0.717, 1.165) is 38.8 Å². The normalized spacial score (nSPS) is 17.1. The van der Waals surface area contributed by atoms with E-state index in [4.69, 9.17) is 10.5 Å². The van der Waals surface area contributed by atoms with Crippen LogP contribution in [0.15, 0.2) is 12.3 Å². The third-order valence-electron chi connectivity index (χ3n) is 3.53. The molecule has 2 N–H and O–H groups in total. The standard InChI is InChI=1S/C14H22N4O3/c1-11(14(20)17-7-4-2-3-5-8-17)21-13(19)10-18-9-6-12(15)16-18/h6,9,11H,2-5,7-8,10H2,1H3,(H2,15,16). The summed E-state index contributed by atoms with van der Waals surface area (Å²) >= 11 is 0. The van der Waals surface area contributed by atoms with Crippen LogP contribution in [0.4, 0.5) is 5.82 Å². The van der Waals surface area contributed by atoms with Crippen molar-refractivity contribution < 1.29 is 14.3 Å². The fraction of sp³-hybridized carbons (Fsp3) is 0.643.